The Hall–Kier alpha value is -2.82. The van der Waals surface area contributed by atoms with Gasteiger partial charge in [-0.15, -0.1) is 0 Å². The molecule has 0 bridgehead atoms. The molecule has 0 aliphatic carbocycles. The van der Waals surface area contributed by atoms with Crippen molar-refractivity contribution in [2.75, 3.05) is 17.7 Å². The summed E-state index contributed by atoms with van der Waals surface area (Å²) in [5.74, 6) is 0.0445. The zero-order valence-electron chi connectivity index (χ0n) is 13.5. The van der Waals surface area contributed by atoms with Crippen LogP contribution in [-0.4, -0.2) is 18.9 Å². The normalized spacial score (nSPS) is 10.0. The number of para-hydroxylation sites is 1. The molecular formula is C18H20N2O3. The van der Waals surface area contributed by atoms with Crippen LogP contribution in [0.2, 0.25) is 0 Å². The molecular weight excluding hydrogens is 292 g/mol. The number of ether oxygens (including phenoxy) is 1. The number of carbonyl (C=O) groups is 2. The summed E-state index contributed by atoms with van der Waals surface area (Å²) in [5.41, 5.74) is 2.77. The number of hydrogen-bond donors (Lipinski definition) is 2. The molecule has 2 N–H and O–H groups in total. The van der Waals surface area contributed by atoms with E-state index in [-0.39, 0.29) is 11.8 Å². The Morgan fingerprint density at radius 1 is 1.04 bits per heavy atom. The molecule has 23 heavy (non-hydrogen) atoms. The minimum Gasteiger partial charge on any atom is -0.495 e. The van der Waals surface area contributed by atoms with Crippen LogP contribution < -0.4 is 15.4 Å². The first-order valence-electron chi connectivity index (χ1n) is 7.40. The summed E-state index contributed by atoms with van der Waals surface area (Å²) < 4.78 is 5.19. The molecule has 0 fully saturated rings. The summed E-state index contributed by atoms with van der Waals surface area (Å²) in [4.78, 5) is 23.7. The SMILES string of the molecule is CCc1ccccc1NC(=O)c1ccc(OC)c(NC(C)=O)c1. The molecule has 2 aromatic rings. The lowest BCUT2D eigenvalue weighted by Crippen LogP contribution is -2.14. The van der Waals surface area contributed by atoms with E-state index in [4.69, 9.17) is 4.74 Å². The van der Waals surface area contributed by atoms with E-state index in [2.05, 4.69) is 10.6 Å². The van der Waals surface area contributed by atoms with Gasteiger partial charge < -0.3 is 15.4 Å². The third-order valence-electron chi connectivity index (χ3n) is 3.42. The quantitative estimate of drug-likeness (QED) is 0.888. The van der Waals surface area contributed by atoms with Gasteiger partial charge >= 0.3 is 0 Å². The molecule has 2 amide bonds. The highest BCUT2D eigenvalue weighted by molar-refractivity contribution is 6.06. The lowest BCUT2D eigenvalue weighted by atomic mass is 10.1. The number of amides is 2. The number of nitrogens with one attached hydrogen (secondary N) is 2. The van der Waals surface area contributed by atoms with Gasteiger partial charge in [0.1, 0.15) is 5.75 Å². The van der Waals surface area contributed by atoms with Crippen molar-refractivity contribution in [2.45, 2.75) is 20.3 Å². The maximum Gasteiger partial charge on any atom is 0.255 e. The number of hydrogen-bond acceptors (Lipinski definition) is 3. The minimum atomic E-state index is -0.236. The van der Waals surface area contributed by atoms with Gasteiger partial charge in [0.2, 0.25) is 5.91 Å². The van der Waals surface area contributed by atoms with Crippen LogP contribution >= 0.6 is 0 Å². The van der Waals surface area contributed by atoms with Gasteiger partial charge in [-0.3, -0.25) is 9.59 Å². The highest BCUT2D eigenvalue weighted by Crippen LogP contribution is 2.26. The summed E-state index contributed by atoms with van der Waals surface area (Å²) in [5, 5.41) is 5.57. The number of carbonyl (C=O) groups excluding carboxylic acids is 2. The number of rotatable bonds is 5. The fraction of sp³-hybridized carbons (Fsp3) is 0.222. The molecule has 0 saturated heterocycles. The van der Waals surface area contributed by atoms with Crippen LogP contribution in [-0.2, 0) is 11.2 Å². The first-order chi connectivity index (χ1) is 11.0. The smallest absolute Gasteiger partial charge is 0.255 e. The van der Waals surface area contributed by atoms with Crippen molar-refractivity contribution in [3.05, 3.63) is 53.6 Å². The zero-order valence-corrected chi connectivity index (χ0v) is 13.5. The van der Waals surface area contributed by atoms with Gasteiger partial charge in [-0.05, 0) is 36.2 Å². The van der Waals surface area contributed by atoms with Crippen LogP contribution in [0.15, 0.2) is 42.5 Å². The second-order valence-corrected chi connectivity index (χ2v) is 5.06. The van der Waals surface area contributed by atoms with E-state index in [1.807, 2.05) is 31.2 Å². The number of methoxy groups -OCH3 is 1. The highest BCUT2D eigenvalue weighted by atomic mass is 16.5. The van der Waals surface area contributed by atoms with Gasteiger partial charge in [0.15, 0.2) is 0 Å². The monoisotopic (exact) mass is 312 g/mol. The van der Waals surface area contributed by atoms with Crippen molar-refractivity contribution >= 4 is 23.2 Å². The molecule has 2 aromatic carbocycles. The molecule has 0 heterocycles. The Kier molecular flexibility index (Phi) is 5.36. The van der Waals surface area contributed by atoms with E-state index in [1.165, 1.54) is 14.0 Å². The van der Waals surface area contributed by atoms with Gasteiger partial charge in [0.25, 0.3) is 5.91 Å². The number of anilines is 2. The Labute approximate surface area is 135 Å². The molecule has 0 aromatic heterocycles. The molecule has 5 nitrogen and oxygen atoms in total. The lowest BCUT2D eigenvalue weighted by molar-refractivity contribution is -0.114. The second kappa shape index (κ2) is 7.45. The summed E-state index contributed by atoms with van der Waals surface area (Å²) in [6, 6.07) is 12.6. The molecule has 120 valence electrons. The number of aryl methyl sites for hydroxylation is 1. The molecule has 0 spiro atoms. The second-order valence-electron chi connectivity index (χ2n) is 5.06. The third kappa shape index (κ3) is 4.10. The van der Waals surface area contributed by atoms with E-state index in [9.17, 15) is 9.59 Å². The zero-order chi connectivity index (χ0) is 16.8. The van der Waals surface area contributed by atoms with Gasteiger partial charge in [-0.2, -0.15) is 0 Å². The van der Waals surface area contributed by atoms with Crippen LogP contribution in [0.25, 0.3) is 0 Å². The van der Waals surface area contributed by atoms with Crippen LogP contribution in [0, 0.1) is 0 Å². The topological polar surface area (TPSA) is 67.4 Å². The highest BCUT2D eigenvalue weighted by Gasteiger charge is 2.12. The fourth-order valence-corrected chi connectivity index (χ4v) is 2.28. The summed E-state index contributed by atoms with van der Waals surface area (Å²) in [7, 11) is 1.51. The summed E-state index contributed by atoms with van der Waals surface area (Å²) in [6.45, 7) is 3.44. The summed E-state index contributed by atoms with van der Waals surface area (Å²) >= 11 is 0. The van der Waals surface area contributed by atoms with Crippen molar-refractivity contribution < 1.29 is 14.3 Å². The van der Waals surface area contributed by atoms with Crippen LogP contribution in [0.3, 0.4) is 0 Å². The third-order valence-corrected chi connectivity index (χ3v) is 3.42. The molecule has 2 rings (SSSR count). The minimum absolute atomic E-state index is 0.225. The predicted molar refractivity (Wildman–Crippen MR) is 91.1 cm³/mol. The largest absolute Gasteiger partial charge is 0.495 e. The molecule has 5 heteroatoms. The summed E-state index contributed by atoms with van der Waals surface area (Å²) in [6.07, 6.45) is 0.830. The standard InChI is InChI=1S/C18H20N2O3/c1-4-13-7-5-6-8-15(13)20-18(22)14-9-10-17(23-3)16(11-14)19-12(2)21/h5-11H,4H2,1-3H3,(H,19,21)(H,20,22). The van der Waals surface area contributed by atoms with Crippen molar-refractivity contribution in [1.29, 1.82) is 0 Å². The predicted octanol–water partition coefficient (Wildman–Crippen LogP) is 3.47. The Bertz CT molecular complexity index is 726. The van der Waals surface area contributed by atoms with Gasteiger partial charge in [-0.25, -0.2) is 0 Å². The first kappa shape index (κ1) is 16.5. The van der Waals surface area contributed by atoms with Crippen LogP contribution in [0.1, 0.15) is 29.8 Å². The van der Waals surface area contributed by atoms with Crippen LogP contribution in [0.5, 0.6) is 5.75 Å². The fourth-order valence-electron chi connectivity index (χ4n) is 2.28. The average molecular weight is 312 g/mol. The maximum absolute atomic E-state index is 12.5. The van der Waals surface area contributed by atoms with Crippen molar-refractivity contribution in [3.8, 4) is 5.75 Å². The van der Waals surface area contributed by atoms with E-state index >= 15 is 0 Å². The number of benzene rings is 2. The maximum atomic E-state index is 12.5. The van der Waals surface area contributed by atoms with Gasteiger partial charge in [0, 0.05) is 18.2 Å². The molecule has 0 aliphatic rings. The molecule has 0 radical (unpaired) electrons. The average Bonchev–Trinajstić information content (AvgIpc) is 2.54. The van der Waals surface area contributed by atoms with Crippen LogP contribution in [0.4, 0.5) is 11.4 Å². The van der Waals surface area contributed by atoms with Crippen molar-refractivity contribution in [1.82, 2.24) is 0 Å². The van der Waals surface area contributed by atoms with E-state index in [1.54, 1.807) is 18.2 Å². The van der Waals surface area contributed by atoms with E-state index < -0.39 is 0 Å². The van der Waals surface area contributed by atoms with Gasteiger partial charge in [0.05, 0.1) is 12.8 Å². The molecule has 0 saturated carbocycles. The van der Waals surface area contributed by atoms with E-state index in [0.29, 0.717) is 17.0 Å². The Balaban J connectivity index is 2.27. The van der Waals surface area contributed by atoms with Crippen molar-refractivity contribution in [2.24, 2.45) is 0 Å². The van der Waals surface area contributed by atoms with Crippen molar-refractivity contribution in [3.63, 3.8) is 0 Å². The molecule has 0 unspecified atom stereocenters. The molecule has 0 atom stereocenters. The molecule has 0 aliphatic heterocycles. The lowest BCUT2D eigenvalue weighted by Gasteiger charge is -2.12. The first-order valence-corrected chi connectivity index (χ1v) is 7.40. The Morgan fingerprint density at radius 2 is 1.78 bits per heavy atom. The van der Waals surface area contributed by atoms with Gasteiger partial charge in [-0.1, -0.05) is 25.1 Å². The Morgan fingerprint density at radius 3 is 2.43 bits per heavy atom. The van der Waals surface area contributed by atoms with E-state index in [0.717, 1.165) is 17.7 Å².